The Morgan fingerprint density at radius 1 is 1.19 bits per heavy atom. The molecule has 1 aromatic carbocycles. The van der Waals surface area contributed by atoms with Gasteiger partial charge in [-0.25, -0.2) is 0 Å². The molecule has 3 saturated heterocycles. The molecule has 3 amide bonds. The second-order valence-electron chi connectivity index (χ2n) is 9.74. The molecule has 8 nitrogen and oxygen atoms in total. The fraction of sp³-hybridized carbons (Fsp3) is 0.519. The van der Waals surface area contributed by atoms with Gasteiger partial charge in [0.05, 0.1) is 17.9 Å². The lowest BCUT2D eigenvalue weighted by Gasteiger charge is -2.37. The Kier molecular flexibility index (Phi) is 7.87. The van der Waals surface area contributed by atoms with E-state index in [0.29, 0.717) is 49.5 Å². The van der Waals surface area contributed by atoms with Gasteiger partial charge in [-0.15, -0.1) is 13.2 Å². The normalized spacial score (nSPS) is 28.2. The van der Waals surface area contributed by atoms with E-state index in [2.05, 4.69) is 13.2 Å². The Morgan fingerprint density at radius 3 is 2.53 bits per heavy atom. The summed E-state index contributed by atoms with van der Waals surface area (Å²) in [6.07, 6.45) is 5.05. The highest BCUT2D eigenvalue weighted by molar-refractivity contribution is 6.30. The van der Waals surface area contributed by atoms with Gasteiger partial charge in [-0.3, -0.25) is 14.4 Å². The zero-order valence-electron chi connectivity index (χ0n) is 20.6. The average Bonchev–Trinajstić information content (AvgIpc) is 3.50. The molecule has 2 unspecified atom stereocenters. The zero-order valence-corrected chi connectivity index (χ0v) is 21.4. The summed E-state index contributed by atoms with van der Waals surface area (Å²) in [4.78, 5) is 46.3. The topological polar surface area (TPSA) is 90.4 Å². The van der Waals surface area contributed by atoms with Crippen LogP contribution in [0.25, 0.3) is 0 Å². The number of hydrogen-bond acceptors (Lipinski definition) is 5. The van der Waals surface area contributed by atoms with Crippen LogP contribution >= 0.6 is 11.6 Å². The van der Waals surface area contributed by atoms with Crippen LogP contribution in [0.3, 0.4) is 0 Å². The fourth-order valence-corrected chi connectivity index (χ4v) is 6.23. The molecule has 0 aromatic heterocycles. The maximum Gasteiger partial charge on any atom is 0.253 e. The highest BCUT2D eigenvalue weighted by Crippen LogP contribution is 2.59. The summed E-state index contributed by atoms with van der Waals surface area (Å²) in [5.41, 5.74) is -0.433. The number of halogens is 1. The first-order valence-corrected chi connectivity index (χ1v) is 12.8. The van der Waals surface area contributed by atoms with E-state index in [0.717, 1.165) is 0 Å². The minimum Gasteiger partial charge on any atom is -0.396 e. The molecular weight excluding hydrogens is 482 g/mol. The number of amides is 3. The highest BCUT2D eigenvalue weighted by atomic mass is 35.5. The molecule has 36 heavy (non-hydrogen) atoms. The Balaban J connectivity index is 1.74. The largest absolute Gasteiger partial charge is 0.396 e. The quantitative estimate of drug-likeness (QED) is 0.361. The van der Waals surface area contributed by atoms with Crippen LogP contribution in [0, 0.1) is 11.8 Å². The Hall–Kier alpha value is -2.68. The molecule has 1 spiro atoms. The Morgan fingerprint density at radius 2 is 1.89 bits per heavy atom. The maximum atomic E-state index is 14.3. The summed E-state index contributed by atoms with van der Waals surface area (Å²) in [6, 6.07) is 6.06. The van der Waals surface area contributed by atoms with Gasteiger partial charge in [0.1, 0.15) is 11.6 Å². The van der Waals surface area contributed by atoms with Crippen molar-refractivity contribution in [3.8, 4) is 0 Å². The number of carbonyl (C=O) groups is 3. The van der Waals surface area contributed by atoms with Crippen molar-refractivity contribution in [3.05, 3.63) is 54.6 Å². The van der Waals surface area contributed by atoms with Gasteiger partial charge >= 0.3 is 0 Å². The van der Waals surface area contributed by atoms with Gasteiger partial charge in [-0.1, -0.05) is 23.8 Å². The predicted octanol–water partition coefficient (Wildman–Crippen LogP) is 2.65. The van der Waals surface area contributed by atoms with Crippen molar-refractivity contribution in [1.29, 1.82) is 0 Å². The molecule has 1 N–H and O–H groups in total. The number of aliphatic hydroxyl groups excluding tert-OH is 1. The first kappa shape index (κ1) is 26.4. The molecule has 3 aliphatic heterocycles. The van der Waals surface area contributed by atoms with Gasteiger partial charge in [0, 0.05) is 44.0 Å². The van der Waals surface area contributed by atoms with E-state index >= 15 is 0 Å². The SMILES string of the molecule is C=CCN(C)C(=O)[C@@H]1[C@H]2C(=O)N(CCCCO)C(C(=O)N(CC=C)c3ccc(Cl)cc3)C23CC[C@H]1O3. The van der Waals surface area contributed by atoms with Gasteiger partial charge in [0.25, 0.3) is 5.91 Å². The van der Waals surface area contributed by atoms with E-state index in [9.17, 15) is 19.5 Å². The average molecular weight is 516 g/mol. The molecule has 3 fully saturated rings. The third kappa shape index (κ3) is 4.35. The number of ether oxygens (including phenoxy) is 1. The Bertz CT molecular complexity index is 1030. The summed E-state index contributed by atoms with van der Waals surface area (Å²) in [7, 11) is 1.69. The van der Waals surface area contributed by atoms with Crippen LogP contribution in [0.15, 0.2) is 49.6 Å². The summed E-state index contributed by atoms with van der Waals surface area (Å²) in [6.45, 7) is 8.42. The van der Waals surface area contributed by atoms with Crippen LogP contribution in [-0.2, 0) is 19.1 Å². The van der Waals surface area contributed by atoms with Crippen LogP contribution < -0.4 is 4.90 Å². The van der Waals surface area contributed by atoms with Gasteiger partial charge in [0.2, 0.25) is 11.8 Å². The van der Waals surface area contributed by atoms with E-state index in [1.807, 2.05) is 0 Å². The summed E-state index contributed by atoms with van der Waals surface area (Å²) in [5.74, 6) is -2.03. The molecule has 0 aliphatic carbocycles. The number of nitrogens with zero attached hydrogens (tertiary/aromatic N) is 3. The number of likely N-dealkylation sites (N-methyl/N-ethyl adjacent to an activating group) is 1. The summed E-state index contributed by atoms with van der Waals surface area (Å²) >= 11 is 6.07. The molecular formula is C27H34ClN3O5. The Labute approximate surface area is 217 Å². The molecule has 3 heterocycles. The molecule has 3 aliphatic rings. The van der Waals surface area contributed by atoms with Gasteiger partial charge in [-0.05, 0) is 49.9 Å². The van der Waals surface area contributed by atoms with Crippen molar-refractivity contribution in [2.45, 2.75) is 43.4 Å². The second-order valence-corrected chi connectivity index (χ2v) is 10.2. The second kappa shape index (κ2) is 10.7. The molecule has 0 radical (unpaired) electrons. The minimum absolute atomic E-state index is 0.00535. The predicted molar refractivity (Wildman–Crippen MR) is 137 cm³/mol. The van der Waals surface area contributed by atoms with Crippen LogP contribution in [0.5, 0.6) is 0 Å². The molecule has 0 saturated carbocycles. The molecule has 5 atom stereocenters. The lowest BCUT2D eigenvalue weighted by Crippen LogP contribution is -2.56. The third-order valence-electron chi connectivity index (χ3n) is 7.62. The van der Waals surface area contributed by atoms with Crippen LogP contribution in [-0.4, -0.2) is 83.7 Å². The smallest absolute Gasteiger partial charge is 0.253 e. The first-order chi connectivity index (χ1) is 17.3. The number of rotatable bonds is 11. The third-order valence-corrected chi connectivity index (χ3v) is 7.87. The van der Waals surface area contributed by atoms with Crippen molar-refractivity contribution < 1.29 is 24.2 Å². The van der Waals surface area contributed by atoms with Gasteiger partial charge < -0.3 is 24.5 Å². The number of benzene rings is 1. The molecule has 9 heteroatoms. The molecule has 1 aromatic rings. The number of aliphatic hydroxyl groups is 1. The van der Waals surface area contributed by atoms with Crippen LogP contribution in [0.1, 0.15) is 25.7 Å². The fourth-order valence-electron chi connectivity index (χ4n) is 6.11. The van der Waals surface area contributed by atoms with E-state index in [1.165, 1.54) is 0 Å². The number of unbranched alkanes of at least 4 members (excludes halogenated alkanes) is 1. The van der Waals surface area contributed by atoms with E-state index in [1.54, 1.807) is 58.2 Å². The highest BCUT2D eigenvalue weighted by Gasteiger charge is 2.74. The lowest BCUT2D eigenvalue weighted by molar-refractivity contribution is -0.144. The monoisotopic (exact) mass is 515 g/mol. The van der Waals surface area contributed by atoms with Crippen molar-refractivity contribution in [1.82, 2.24) is 9.80 Å². The number of carbonyl (C=O) groups excluding carboxylic acids is 3. The van der Waals surface area contributed by atoms with Crippen LogP contribution in [0.4, 0.5) is 5.69 Å². The van der Waals surface area contributed by atoms with Crippen molar-refractivity contribution in [3.63, 3.8) is 0 Å². The summed E-state index contributed by atoms with van der Waals surface area (Å²) in [5, 5.41) is 9.87. The van der Waals surface area contributed by atoms with Crippen molar-refractivity contribution >= 4 is 35.0 Å². The van der Waals surface area contributed by atoms with Crippen LogP contribution in [0.2, 0.25) is 5.02 Å². The molecule has 4 rings (SSSR count). The van der Waals surface area contributed by atoms with E-state index < -0.39 is 29.6 Å². The molecule has 2 bridgehead atoms. The van der Waals surface area contributed by atoms with E-state index in [-0.39, 0.29) is 30.9 Å². The standard InChI is InChI=1S/C27H34ClN3O5/c1-4-14-29(3)24(33)21-20-12-13-27(36-20)22(21)25(34)31(16-6-7-17-32)23(27)26(35)30(15-5-2)19-10-8-18(28)9-11-19/h4-5,8-11,20-23,32H,1-2,6-7,12-17H2,3H3/t20-,21+,22+,23?,27?/m1/s1. The van der Waals surface area contributed by atoms with Crippen molar-refractivity contribution in [2.24, 2.45) is 11.8 Å². The summed E-state index contributed by atoms with van der Waals surface area (Å²) < 4.78 is 6.49. The number of anilines is 1. The van der Waals surface area contributed by atoms with Crippen molar-refractivity contribution in [2.75, 3.05) is 38.2 Å². The number of hydrogen-bond donors (Lipinski definition) is 1. The minimum atomic E-state index is -1.07. The number of likely N-dealkylation sites (tertiary alicyclic amines) is 1. The first-order valence-electron chi connectivity index (χ1n) is 12.4. The molecule has 194 valence electrons. The maximum absolute atomic E-state index is 14.3. The number of fused-ring (bicyclic) bond motifs is 1. The lowest BCUT2D eigenvalue weighted by atomic mass is 9.70. The van der Waals surface area contributed by atoms with E-state index in [4.69, 9.17) is 16.3 Å². The van der Waals surface area contributed by atoms with Gasteiger partial charge in [0.15, 0.2) is 0 Å². The zero-order chi connectivity index (χ0) is 26.0. The van der Waals surface area contributed by atoms with Gasteiger partial charge in [-0.2, -0.15) is 0 Å².